The predicted molar refractivity (Wildman–Crippen MR) is 96.5 cm³/mol. The van der Waals surface area contributed by atoms with Crippen LogP contribution < -0.4 is 5.32 Å². The Morgan fingerprint density at radius 2 is 1.92 bits per heavy atom. The Kier molecular flexibility index (Phi) is 7.56. The quantitative estimate of drug-likeness (QED) is 0.665. The average molecular weight is 369 g/mol. The fourth-order valence-electron chi connectivity index (χ4n) is 2.34. The fraction of sp³-hybridized carbons (Fsp3) is 0.579. The highest BCUT2D eigenvalue weighted by Gasteiger charge is 2.29. The van der Waals surface area contributed by atoms with Gasteiger partial charge in [0.25, 0.3) is 0 Å². The minimum Gasteiger partial charge on any atom is -0.478 e. The Labute approximate surface area is 153 Å². The molecule has 1 amide bonds. The monoisotopic (exact) mass is 369 g/mol. The van der Waals surface area contributed by atoms with Crippen molar-refractivity contribution in [3.8, 4) is 0 Å². The third-order valence-corrected chi connectivity index (χ3v) is 3.38. The summed E-state index contributed by atoms with van der Waals surface area (Å²) >= 11 is 0. The Balaban J connectivity index is 2.89. The van der Waals surface area contributed by atoms with Crippen molar-refractivity contribution < 1.29 is 28.6 Å². The second kappa shape index (κ2) is 8.98. The van der Waals surface area contributed by atoms with Crippen molar-refractivity contribution >= 4 is 12.1 Å². The summed E-state index contributed by atoms with van der Waals surface area (Å²) in [5.41, 5.74) is -0.884. The van der Waals surface area contributed by atoms with Crippen molar-refractivity contribution in [3.63, 3.8) is 0 Å². The molecule has 146 valence electrons. The number of carbonyl (C=O) groups excluding carboxylic acids is 1. The number of halogens is 1. The summed E-state index contributed by atoms with van der Waals surface area (Å²) < 4.78 is 24.1. The Bertz CT molecular complexity index is 614. The van der Waals surface area contributed by atoms with Gasteiger partial charge in [-0.1, -0.05) is 24.3 Å². The normalized spacial score (nSPS) is 16.2. The van der Waals surface area contributed by atoms with E-state index in [1.165, 1.54) is 6.08 Å². The number of ether oxygens (including phenoxy) is 2. The van der Waals surface area contributed by atoms with Crippen LogP contribution in [0.25, 0.3) is 0 Å². The van der Waals surface area contributed by atoms with Crippen molar-refractivity contribution in [1.82, 2.24) is 5.32 Å². The van der Waals surface area contributed by atoms with E-state index in [1.807, 2.05) is 0 Å². The summed E-state index contributed by atoms with van der Waals surface area (Å²) in [5, 5.41) is 11.7. The molecule has 0 aromatic rings. The Morgan fingerprint density at radius 3 is 2.46 bits per heavy atom. The number of carboxylic acid groups (broad SMARTS) is 1. The average Bonchev–Trinajstić information content (AvgIpc) is 2.69. The molecule has 0 aliphatic heterocycles. The van der Waals surface area contributed by atoms with Crippen LogP contribution in [-0.2, 0) is 14.3 Å². The molecule has 0 saturated heterocycles. The van der Waals surface area contributed by atoms with Gasteiger partial charge in [-0.25, -0.2) is 9.59 Å². The number of amides is 1. The minimum atomic E-state index is -1.11. The Hall–Kier alpha value is -2.15. The molecule has 0 heterocycles. The molecule has 2 N–H and O–H groups in total. The van der Waals surface area contributed by atoms with Crippen LogP contribution in [0.4, 0.5) is 9.18 Å². The van der Waals surface area contributed by atoms with Gasteiger partial charge in [-0.05, 0) is 46.6 Å². The molecule has 1 atom stereocenters. The van der Waals surface area contributed by atoms with E-state index in [0.29, 0.717) is 5.57 Å². The van der Waals surface area contributed by atoms with Crippen LogP contribution in [0.5, 0.6) is 0 Å². The molecule has 0 fully saturated rings. The van der Waals surface area contributed by atoms with Gasteiger partial charge in [-0.3, -0.25) is 9.71 Å². The molecule has 0 bridgehead atoms. The molecule has 1 rings (SSSR count). The second-order valence-electron chi connectivity index (χ2n) is 7.49. The molecule has 1 aliphatic rings. The molecule has 0 spiro atoms. The van der Waals surface area contributed by atoms with Crippen LogP contribution in [-0.4, -0.2) is 41.3 Å². The largest absolute Gasteiger partial charge is 0.478 e. The van der Waals surface area contributed by atoms with Crippen molar-refractivity contribution in [1.29, 1.82) is 0 Å². The van der Waals surface area contributed by atoms with Gasteiger partial charge < -0.3 is 14.6 Å². The maximum atomic E-state index is 13.0. The predicted octanol–water partition coefficient (Wildman–Crippen LogP) is 3.89. The van der Waals surface area contributed by atoms with Crippen molar-refractivity contribution in [2.45, 2.75) is 64.9 Å². The first-order chi connectivity index (χ1) is 11.9. The van der Waals surface area contributed by atoms with Gasteiger partial charge in [0.15, 0.2) is 0 Å². The third-order valence-electron chi connectivity index (χ3n) is 3.38. The highest BCUT2D eigenvalue weighted by atomic mass is 19.1. The third kappa shape index (κ3) is 7.82. The zero-order valence-corrected chi connectivity index (χ0v) is 16.0. The maximum Gasteiger partial charge on any atom is 0.409 e. The smallest absolute Gasteiger partial charge is 0.409 e. The number of hydrogen-bond acceptors (Lipinski definition) is 4. The molecule has 0 radical (unpaired) electrons. The highest BCUT2D eigenvalue weighted by Crippen LogP contribution is 2.23. The summed E-state index contributed by atoms with van der Waals surface area (Å²) in [5.74, 6) is -0.998. The number of alkyl halides is 1. The zero-order valence-electron chi connectivity index (χ0n) is 16.0. The molecule has 26 heavy (non-hydrogen) atoms. The number of carboxylic acids is 1. The number of allylic oxidation sites excluding steroid dienone is 3. The number of aliphatic carboxylic acids is 1. The van der Waals surface area contributed by atoms with E-state index in [0.717, 1.165) is 0 Å². The molecule has 6 nitrogen and oxygen atoms in total. The summed E-state index contributed by atoms with van der Waals surface area (Å²) in [4.78, 5) is 23.1. The standard InChI is InChI=1S/C19H28FNO5/c1-18(2,3)26-17(24)21-19(4,5)25-15(11-12-20)13-7-6-8-14(10-9-13)16(22)23/h6-7,9-10,15H,8,11-12H2,1-5H3,(H,21,24)(H,22,23). The first-order valence-corrected chi connectivity index (χ1v) is 8.49. The zero-order chi connectivity index (χ0) is 20.0. The van der Waals surface area contributed by atoms with E-state index in [1.54, 1.807) is 52.8 Å². The van der Waals surface area contributed by atoms with E-state index in [4.69, 9.17) is 14.6 Å². The molecule has 0 aromatic carbocycles. The topological polar surface area (TPSA) is 84.9 Å². The maximum absolute atomic E-state index is 13.0. The lowest BCUT2D eigenvalue weighted by atomic mass is 10.1. The number of carbonyl (C=O) groups is 2. The molecular weight excluding hydrogens is 341 g/mol. The van der Waals surface area contributed by atoms with E-state index in [2.05, 4.69) is 5.32 Å². The second-order valence-corrected chi connectivity index (χ2v) is 7.49. The van der Waals surface area contributed by atoms with Crippen LogP contribution >= 0.6 is 0 Å². The highest BCUT2D eigenvalue weighted by molar-refractivity contribution is 5.87. The Morgan fingerprint density at radius 1 is 1.27 bits per heavy atom. The first-order valence-electron chi connectivity index (χ1n) is 8.49. The van der Waals surface area contributed by atoms with E-state index in [9.17, 15) is 14.0 Å². The summed E-state index contributed by atoms with van der Waals surface area (Å²) in [6.07, 6.45) is 5.57. The lowest BCUT2D eigenvalue weighted by Gasteiger charge is -2.33. The molecular formula is C19H28FNO5. The SMILES string of the molecule is CC(C)(C)OC(=O)NC(C)(C)OC(CCF)C1=CC=C(C(=O)O)CC=C1. The minimum absolute atomic E-state index is 0.0752. The van der Waals surface area contributed by atoms with Gasteiger partial charge >= 0.3 is 12.1 Å². The summed E-state index contributed by atoms with van der Waals surface area (Å²) in [6, 6.07) is 0. The molecule has 0 aromatic heterocycles. The van der Waals surface area contributed by atoms with Gasteiger partial charge in [0.1, 0.15) is 11.3 Å². The molecule has 1 unspecified atom stereocenters. The van der Waals surface area contributed by atoms with Crippen molar-refractivity contribution in [3.05, 3.63) is 35.5 Å². The van der Waals surface area contributed by atoms with Gasteiger partial charge in [0.2, 0.25) is 0 Å². The number of alkyl carbamates (subject to hydrolysis) is 1. The molecule has 1 aliphatic carbocycles. The number of hydrogen-bond donors (Lipinski definition) is 2. The van der Waals surface area contributed by atoms with Gasteiger partial charge in [0.05, 0.1) is 12.8 Å². The van der Waals surface area contributed by atoms with E-state index < -0.39 is 36.2 Å². The van der Waals surface area contributed by atoms with Crippen LogP contribution in [0, 0.1) is 0 Å². The van der Waals surface area contributed by atoms with Crippen molar-refractivity contribution in [2.75, 3.05) is 6.67 Å². The number of rotatable bonds is 7. The summed E-state index contributed by atoms with van der Waals surface area (Å²) in [6.45, 7) is 7.91. The lowest BCUT2D eigenvalue weighted by molar-refractivity contribution is -0.132. The van der Waals surface area contributed by atoms with Gasteiger partial charge in [-0.2, -0.15) is 0 Å². The first kappa shape index (κ1) is 21.9. The van der Waals surface area contributed by atoms with Crippen LogP contribution in [0.15, 0.2) is 35.5 Å². The van der Waals surface area contributed by atoms with Crippen LogP contribution in [0.1, 0.15) is 47.5 Å². The lowest BCUT2D eigenvalue weighted by Crippen LogP contribution is -2.49. The molecule has 0 saturated carbocycles. The van der Waals surface area contributed by atoms with Crippen molar-refractivity contribution in [2.24, 2.45) is 0 Å². The van der Waals surface area contributed by atoms with Gasteiger partial charge in [0, 0.05) is 12.0 Å². The van der Waals surface area contributed by atoms with Gasteiger partial charge in [-0.15, -0.1) is 0 Å². The van der Waals surface area contributed by atoms with E-state index >= 15 is 0 Å². The fourth-order valence-corrected chi connectivity index (χ4v) is 2.34. The molecule has 7 heteroatoms. The van der Waals surface area contributed by atoms with Crippen LogP contribution in [0.2, 0.25) is 0 Å². The summed E-state index contributed by atoms with van der Waals surface area (Å²) in [7, 11) is 0. The number of nitrogens with one attached hydrogen (secondary N) is 1. The van der Waals surface area contributed by atoms with Crippen LogP contribution in [0.3, 0.4) is 0 Å². The van der Waals surface area contributed by atoms with E-state index in [-0.39, 0.29) is 18.4 Å².